The maximum absolute atomic E-state index is 13.4. The number of nitrogens with one attached hydrogen (secondary N) is 1. The summed E-state index contributed by atoms with van der Waals surface area (Å²) in [5, 5.41) is 3.10. The Morgan fingerprint density at radius 2 is 2.09 bits per heavy atom. The highest BCUT2D eigenvalue weighted by atomic mass is 19.1. The molecule has 2 nitrogen and oxygen atoms in total. The molecule has 0 aromatic rings. The second-order valence-electron chi connectivity index (χ2n) is 3.99. The molecule has 66 valence electrons. The molecular formula is C8H17FN2. The summed E-state index contributed by atoms with van der Waals surface area (Å²) >= 11 is 0. The van der Waals surface area contributed by atoms with Gasteiger partial charge >= 0.3 is 0 Å². The quantitative estimate of drug-likeness (QED) is 0.646. The summed E-state index contributed by atoms with van der Waals surface area (Å²) in [5.41, 5.74) is -0.107. The topological polar surface area (TPSA) is 15.3 Å². The first-order chi connectivity index (χ1) is 5.04. The SMILES string of the molecule is CN(C)CC(F)C1(C)CNC1. The number of nitrogens with zero attached hydrogens (tertiary/aromatic N) is 1. The van der Waals surface area contributed by atoms with Crippen molar-refractivity contribution >= 4 is 0 Å². The molecule has 0 bridgehead atoms. The van der Waals surface area contributed by atoms with Gasteiger partial charge in [0.2, 0.25) is 0 Å². The molecule has 1 saturated heterocycles. The van der Waals surface area contributed by atoms with Crippen LogP contribution < -0.4 is 5.32 Å². The van der Waals surface area contributed by atoms with Crippen LogP contribution in [0, 0.1) is 5.41 Å². The van der Waals surface area contributed by atoms with Crippen LogP contribution in [0.2, 0.25) is 0 Å². The summed E-state index contributed by atoms with van der Waals surface area (Å²) in [4.78, 5) is 1.90. The molecule has 0 radical (unpaired) electrons. The summed E-state index contributed by atoms with van der Waals surface area (Å²) in [5.74, 6) is 0. The van der Waals surface area contributed by atoms with Gasteiger partial charge in [-0.25, -0.2) is 4.39 Å². The van der Waals surface area contributed by atoms with Crippen molar-refractivity contribution in [2.45, 2.75) is 13.1 Å². The van der Waals surface area contributed by atoms with E-state index in [1.807, 2.05) is 25.9 Å². The van der Waals surface area contributed by atoms with E-state index < -0.39 is 6.17 Å². The number of rotatable bonds is 3. The van der Waals surface area contributed by atoms with Crippen LogP contribution in [0.15, 0.2) is 0 Å². The van der Waals surface area contributed by atoms with Gasteiger partial charge in [-0.2, -0.15) is 0 Å². The number of alkyl halides is 1. The zero-order valence-corrected chi connectivity index (χ0v) is 7.52. The fraction of sp³-hybridized carbons (Fsp3) is 1.00. The maximum Gasteiger partial charge on any atom is 0.120 e. The minimum absolute atomic E-state index is 0.107. The normalized spacial score (nSPS) is 24.8. The summed E-state index contributed by atoms with van der Waals surface area (Å²) in [7, 11) is 3.81. The van der Waals surface area contributed by atoms with Crippen molar-refractivity contribution in [2.75, 3.05) is 33.7 Å². The van der Waals surface area contributed by atoms with E-state index in [1.54, 1.807) is 0 Å². The van der Waals surface area contributed by atoms with Crippen molar-refractivity contribution in [2.24, 2.45) is 5.41 Å². The largest absolute Gasteiger partial charge is 0.315 e. The Labute approximate surface area is 67.8 Å². The third-order valence-corrected chi connectivity index (χ3v) is 2.34. The van der Waals surface area contributed by atoms with Gasteiger partial charge in [-0.1, -0.05) is 6.92 Å². The van der Waals surface area contributed by atoms with Gasteiger partial charge in [-0.05, 0) is 14.1 Å². The number of hydrogen-bond acceptors (Lipinski definition) is 2. The molecule has 1 unspecified atom stereocenters. The molecule has 1 aliphatic heterocycles. The Morgan fingerprint density at radius 3 is 2.36 bits per heavy atom. The van der Waals surface area contributed by atoms with Crippen LogP contribution in [0.5, 0.6) is 0 Å². The van der Waals surface area contributed by atoms with Crippen LogP contribution in [0.25, 0.3) is 0 Å². The second kappa shape index (κ2) is 3.07. The first-order valence-electron chi connectivity index (χ1n) is 4.04. The Hall–Kier alpha value is -0.150. The van der Waals surface area contributed by atoms with E-state index in [9.17, 15) is 4.39 Å². The molecule has 0 aliphatic carbocycles. The van der Waals surface area contributed by atoms with Crippen molar-refractivity contribution in [3.8, 4) is 0 Å². The Balaban J connectivity index is 2.34. The Kier molecular flexibility index (Phi) is 2.50. The molecule has 0 amide bonds. The summed E-state index contributed by atoms with van der Waals surface area (Å²) in [6, 6.07) is 0. The van der Waals surface area contributed by atoms with Crippen LogP contribution in [0.1, 0.15) is 6.92 Å². The van der Waals surface area contributed by atoms with E-state index in [0.717, 1.165) is 13.1 Å². The maximum atomic E-state index is 13.4. The Bertz CT molecular complexity index is 132. The van der Waals surface area contributed by atoms with E-state index in [-0.39, 0.29) is 5.41 Å². The molecule has 1 N–H and O–H groups in total. The van der Waals surface area contributed by atoms with Gasteiger partial charge in [-0.3, -0.25) is 0 Å². The molecule has 1 fully saturated rings. The van der Waals surface area contributed by atoms with Crippen molar-refractivity contribution < 1.29 is 4.39 Å². The number of halogens is 1. The van der Waals surface area contributed by atoms with Gasteiger partial charge < -0.3 is 10.2 Å². The molecule has 0 spiro atoms. The van der Waals surface area contributed by atoms with Crippen LogP contribution in [-0.4, -0.2) is 44.8 Å². The van der Waals surface area contributed by atoms with Crippen LogP contribution >= 0.6 is 0 Å². The average molecular weight is 160 g/mol. The molecule has 0 aromatic heterocycles. The number of hydrogen-bond donors (Lipinski definition) is 1. The van der Waals surface area contributed by atoms with E-state index in [4.69, 9.17) is 0 Å². The van der Waals surface area contributed by atoms with Crippen LogP contribution in [-0.2, 0) is 0 Å². The molecule has 1 heterocycles. The molecule has 1 aliphatic rings. The second-order valence-corrected chi connectivity index (χ2v) is 3.99. The first-order valence-corrected chi connectivity index (χ1v) is 4.04. The smallest absolute Gasteiger partial charge is 0.120 e. The minimum Gasteiger partial charge on any atom is -0.315 e. The lowest BCUT2D eigenvalue weighted by atomic mass is 9.79. The van der Waals surface area contributed by atoms with E-state index >= 15 is 0 Å². The summed E-state index contributed by atoms with van der Waals surface area (Å²) in [6.07, 6.45) is -0.696. The monoisotopic (exact) mass is 160 g/mol. The highest BCUT2D eigenvalue weighted by Gasteiger charge is 2.40. The zero-order chi connectivity index (χ0) is 8.48. The molecule has 1 rings (SSSR count). The highest BCUT2D eigenvalue weighted by Crippen LogP contribution is 2.28. The van der Waals surface area contributed by atoms with Crippen molar-refractivity contribution in [3.63, 3.8) is 0 Å². The van der Waals surface area contributed by atoms with Gasteiger partial charge in [-0.15, -0.1) is 0 Å². The molecule has 0 saturated carbocycles. The molecular weight excluding hydrogens is 143 g/mol. The van der Waals surface area contributed by atoms with Gasteiger partial charge in [0.25, 0.3) is 0 Å². The predicted molar refractivity (Wildman–Crippen MR) is 44.4 cm³/mol. The minimum atomic E-state index is -0.696. The lowest BCUT2D eigenvalue weighted by Gasteiger charge is -2.42. The van der Waals surface area contributed by atoms with Crippen LogP contribution in [0.4, 0.5) is 4.39 Å². The highest BCUT2D eigenvalue weighted by molar-refractivity contribution is 4.94. The van der Waals surface area contributed by atoms with Crippen molar-refractivity contribution in [1.29, 1.82) is 0 Å². The van der Waals surface area contributed by atoms with E-state index in [0.29, 0.717) is 6.54 Å². The molecule has 3 heteroatoms. The van der Waals surface area contributed by atoms with Crippen LogP contribution in [0.3, 0.4) is 0 Å². The molecule has 1 atom stereocenters. The summed E-state index contributed by atoms with van der Waals surface area (Å²) < 4.78 is 13.4. The third-order valence-electron chi connectivity index (χ3n) is 2.34. The Morgan fingerprint density at radius 1 is 1.55 bits per heavy atom. The summed E-state index contributed by atoms with van der Waals surface area (Å²) in [6.45, 7) is 4.18. The van der Waals surface area contributed by atoms with Crippen molar-refractivity contribution in [1.82, 2.24) is 10.2 Å². The third kappa shape index (κ3) is 1.91. The predicted octanol–water partition coefficient (Wildman–Crippen LogP) is 0.496. The fourth-order valence-corrected chi connectivity index (χ4v) is 1.28. The van der Waals surface area contributed by atoms with Gasteiger partial charge in [0.15, 0.2) is 0 Å². The van der Waals surface area contributed by atoms with E-state index in [2.05, 4.69) is 5.32 Å². The molecule has 11 heavy (non-hydrogen) atoms. The van der Waals surface area contributed by atoms with Gasteiger partial charge in [0.05, 0.1) is 0 Å². The standard InChI is InChI=1S/C8H17FN2/c1-8(5-10-6-8)7(9)4-11(2)3/h7,10H,4-6H2,1-3H3. The van der Waals surface area contributed by atoms with E-state index in [1.165, 1.54) is 0 Å². The van der Waals surface area contributed by atoms with Gasteiger partial charge in [0.1, 0.15) is 6.17 Å². The lowest BCUT2D eigenvalue weighted by molar-refractivity contribution is 0.0464. The zero-order valence-electron chi connectivity index (χ0n) is 7.52. The average Bonchev–Trinajstić information content (AvgIpc) is 1.81. The van der Waals surface area contributed by atoms with Gasteiger partial charge in [0, 0.05) is 25.0 Å². The fourth-order valence-electron chi connectivity index (χ4n) is 1.28. The first kappa shape index (κ1) is 8.94. The van der Waals surface area contributed by atoms with Crippen molar-refractivity contribution in [3.05, 3.63) is 0 Å². The lowest BCUT2D eigenvalue weighted by Crippen LogP contribution is -2.58. The molecule has 0 aromatic carbocycles.